The van der Waals surface area contributed by atoms with Crippen molar-refractivity contribution in [3.63, 3.8) is 0 Å². The Bertz CT molecular complexity index is 808. The summed E-state index contributed by atoms with van der Waals surface area (Å²) in [7, 11) is 0. The van der Waals surface area contributed by atoms with Gasteiger partial charge in [0.15, 0.2) is 0 Å². The van der Waals surface area contributed by atoms with Gasteiger partial charge in [-0.05, 0) is 22.6 Å². The lowest BCUT2D eigenvalue weighted by Gasteiger charge is -2.25. The summed E-state index contributed by atoms with van der Waals surface area (Å²) in [6.45, 7) is 0. The average Bonchev–Trinajstić information content (AvgIpc) is 3.01. The Balaban J connectivity index is 1.83. The van der Waals surface area contributed by atoms with Crippen molar-refractivity contribution in [2.75, 3.05) is 0 Å². The van der Waals surface area contributed by atoms with Gasteiger partial charge in [-0.25, -0.2) is 0 Å². The predicted molar refractivity (Wildman–Crippen MR) is 97.2 cm³/mol. The number of benzene rings is 3. The first-order chi connectivity index (χ1) is 11.8. The molecule has 0 bridgehead atoms. The van der Waals surface area contributed by atoms with Gasteiger partial charge < -0.3 is 0 Å². The van der Waals surface area contributed by atoms with Crippen LogP contribution in [0.2, 0.25) is 0 Å². The Morgan fingerprint density at radius 2 is 1.04 bits per heavy atom. The van der Waals surface area contributed by atoms with Crippen LogP contribution in [-0.2, 0) is 4.79 Å². The Hall–Kier alpha value is -2.67. The summed E-state index contributed by atoms with van der Waals surface area (Å²) in [5.74, 6) is 0.734. The van der Waals surface area contributed by atoms with Crippen molar-refractivity contribution >= 4 is 5.78 Å². The lowest BCUT2D eigenvalue weighted by Crippen LogP contribution is -2.14. The standard InChI is InChI=1S/C23H20O/c24-21-16-20(17-10-4-1-5-11-17)22(18-12-6-2-7-13-18)23(21)19-14-8-3-9-15-19/h1-15,20,22-23H,16H2. The first-order valence-electron chi connectivity index (χ1n) is 8.52. The molecule has 1 heteroatoms. The Labute approximate surface area is 143 Å². The maximum atomic E-state index is 12.9. The minimum Gasteiger partial charge on any atom is -0.299 e. The molecule has 0 aromatic heterocycles. The average molecular weight is 312 g/mol. The molecule has 1 aliphatic rings. The molecule has 1 saturated carbocycles. The van der Waals surface area contributed by atoms with Gasteiger partial charge in [0.25, 0.3) is 0 Å². The van der Waals surface area contributed by atoms with Crippen molar-refractivity contribution in [3.05, 3.63) is 108 Å². The number of Topliss-reactive ketones (excluding diaryl/α,β-unsaturated/α-hetero) is 1. The molecule has 24 heavy (non-hydrogen) atoms. The molecule has 3 aromatic carbocycles. The molecule has 0 aliphatic heterocycles. The van der Waals surface area contributed by atoms with Gasteiger partial charge in [-0.1, -0.05) is 91.0 Å². The van der Waals surface area contributed by atoms with Crippen LogP contribution in [0.1, 0.15) is 40.9 Å². The smallest absolute Gasteiger partial charge is 0.141 e. The lowest BCUT2D eigenvalue weighted by atomic mass is 9.77. The predicted octanol–water partition coefficient (Wildman–Crippen LogP) is 5.31. The molecular weight excluding hydrogens is 292 g/mol. The highest BCUT2D eigenvalue weighted by Gasteiger charge is 2.44. The van der Waals surface area contributed by atoms with E-state index in [0.29, 0.717) is 12.2 Å². The molecule has 0 radical (unpaired) electrons. The molecule has 3 atom stereocenters. The first kappa shape index (κ1) is 14.9. The van der Waals surface area contributed by atoms with Crippen molar-refractivity contribution in [2.45, 2.75) is 24.2 Å². The minimum absolute atomic E-state index is 0.0567. The van der Waals surface area contributed by atoms with Gasteiger partial charge in [-0.3, -0.25) is 4.79 Å². The van der Waals surface area contributed by atoms with E-state index < -0.39 is 0 Å². The van der Waals surface area contributed by atoms with Crippen LogP contribution in [0.5, 0.6) is 0 Å². The molecule has 0 saturated heterocycles. The molecule has 0 heterocycles. The summed E-state index contributed by atoms with van der Waals surface area (Å²) in [6.07, 6.45) is 0.614. The quantitative estimate of drug-likeness (QED) is 0.640. The monoisotopic (exact) mass is 312 g/mol. The summed E-state index contributed by atoms with van der Waals surface area (Å²) >= 11 is 0. The van der Waals surface area contributed by atoms with Crippen LogP contribution in [0.3, 0.4) is 0 Å². The number of ketones is 1. The van der Waals surface area contributed by atoms with Gasteiger partial charge in [-0.15, -0.1) is 0 Å². The molecule has 3 aromatic rings. The number of hydrogen-bond donors (Lipinski definition) is 0. The molecular formula is C23H20O. The second-order valence-corrected chi connectivity index (χ2v) is 6.51. The van der Waals surface area contributed by atoms with Crippen LogP contribution < -0.4 is 0 Å². The fourth-order valence-electron chi connectivity index (χ4n) is 4.08. The molecule has 1 nitrogen and oxygen atoms in total. The molecule has 3 unspecified atom stereocenters. The van der Waals surface area contributed by atoms with Crippen LogP contribution in [0.4, 0.5) is 0 Å². The van der Waals surface area contributed by atoms with Crippen molar-refractivity contribution < 1.29 is 4.79 Å². The fraction of sp³-hybridized carbons (Fsp3) is 0.174. The highest BCUT2D eigenvalue weighted by Crippen LogP contribution is 2.51. The van der Waals surface area contributed by atoms with E-state index in [2.05, 4.69) is 60.7 Å². The molecule has 1 aliphatic carbocycles. The maximum absolute atomic E-state index is 12.9. The van der Waals surface area contributed by atoms with Crippen LogP contribution in [-0.4, -0.2) is 5.78 Å². The summed E-state index contributed by atoms with van der Waals surface area (Å²) in [5, 5.41) is 0. The molecule has 1 fully saturated rings. The number of carbonyl (C=O) groups excluding carboxylic acids is 1. The topological polar surface area (TPSA) is 17.1 Å². The Morgan fingerprint density at radius 1 is 0.583 bits per heavy atom. The zero-order valence-electron chi connectivity index (χ0n) is 13.5. The summed E-state index contributed by atoms with van der Waals surface area (Å²) in [5.41, 5.74) is 3.65. The maximum Gasteiger partial charge on any atom is 0.141 e. The van der Waals surface area contributed by atoms with E-state index in [1.165, 1.54) is 11.1 Å². The normalized spacial score (nSPS) is 23.3. The molecule has 4 rings (SSSR count). The molecule has 0 N–H and O–H groups in total. The van der Waals surface area contributed by atoms with Gasteiger partial charge >= 0.3 is 0 Å². The number of rotatable bonds is 3. The van der Waals surface area contributed by atoms with Crippen LogP contribution in [0.25, 0.3) is 0 Å². The summed E-state index contributed by atoms with van der Waals surface area (Å²) < 4.78 is 0. The second kappa shape index (κ2) is 6.45. The first-order valence-corrected chi connectivity index (χ1v) is 8.52. The molecule has 0 spiro atoms. The number of carbonyl (C=O) groups is 1. The zero-order valence-corrected chi connectivity index (χ0v) is 13.5. The van der Waals surface area contributed by atoms with Crippen molar-refractivity contribution in [2.24, 2.45) is 0 Å². The van der Waals surface area contributed by atoms with Crippen LogP contribution in [0, 0.1) is 0 Å². The van der Waals surface area contributed by atoms with Gasteiger partial charge in [0, 0.05) is 12.3 Å². The van der Waals surface area contributed by atoms with Gasteiger partial charge in [-0.2, -0.15) is 0 Å². The van der Waals surface area contributed by atoms with Crippen LogP contribution in [0.15, 0.2) is 91.0 Å². The largest absolute Gasteiger partial charge is 0.299 e. The van der Waals surface area contributed by atoms with Gasteiger partial charge in [0.05, 0.1) is 5.92 Å². The molecule has 0 amide bonds. The molecule has 118 valence electrons. The van der Waals surface area contributed by atoms with Crippen molar-refractivity contribution in [1.82, 2.24) is 0 Å². The van der Waals surface area contributed by atoms with E-state index in [0.717, 1.165) is 5.56 Å². The van der Waals surface area contributed by atoms with Crippen molar-refractivity contribution in [3.8, 4) is 0 Å². The lowest BCUT2D eigenvalue weighted by molar-refractivity contribution is -0.118. The summed E-state index contributed by atoms with van der Waals surface area (Å²) in [4.78, 5) is 12.9. The third kappa shape index (κ3) is 2.67. The fourth-order valence-corrected chi connectivity index (χ4v) is 4.08. The Morgan fingerprint density at radius 3 is 1.58 bits per heavy atom. The van der Waals surface area contributed by atoms with Gasteiger partial charge in [0.2, 0.25) is 0 Å². The van der Waals surface area contributed by atoms with E-state index >= 15 is 0 Å². The highest BCUT2D eigenvalue weighted by atomic mass is 16.1. The van der Waals surface area contributed by atoms with E-state index in [9.17, 15) is 4.79 Å². The van der Waals surface area contributed by atoms with Gasteiger partial charge in [0.1, 0.15) is 5.78 Å². The van der Waals surface area contributed by atoms with E-state index in [1.807, 2.05) is 30.3 Å². The summed E-state index contributed by atoms with van der Waals surface area (Å²) in [6, 6.07) is 31.2. The third-order valence-electron chi connectivity index (χ3n) is 5.13. The zero-order chi connectivity index (χ0) is 16.4. The highest BCUT2D eigenvalue weighted by molar-refractivity contribution is 5.91. The van der Waals surface area contributed by atoms with E-state index in [-0.39, 0.29) is 17.8 Å². The SMILES string of the molecule is O=C1CC(c2ccccc2)C(c2ccccc2)C1c1ccccc1. The van der Waals surface area contributed by atoms with Crippen LogP contribution >= 0.6 is 0 Å². The third-order valence-corrected chi connectivity index (χ3v) is 5.13. The van der Waals surface area contributed by atoms with E-state index in [4.69, 9.17) is 0 Å². The van der Waals surface area contributed by atoms with E-state index in [1.54, 1.807) is 0 Å². The second-order valence-electron chi connectivity index (χ2n) is 6.51. The minimum atomic E-state index is -0.0567. The Kier molecular flexibility index (Phi) is 4.00. The number of hydrogen-bond acceptors (Lipinski definition) is 1. The van der Waals surface area contributed by atoms with Crippen molar-refractivity contribution in [1.29, 1.82) is 0 Å².